The molecule has 2 heteroatoms. The van der Waals surface area contributed by atoms with Crippen LogP contribution in [0.2, 0.25) is 0 Å². The van der Waals surface area contributed by atoms with Gasteiger partial charge in [0.05, 0.1) is 0 Å². The summed E-state index contributed by atoms with van der Waals surface area (Å²) in [5, 5.41) is 0.752. The first-order chi connectivity index (χ1) is 12.7. The molecule has 2 aromatic rings. The van der Waals surface area contributed by atoms with Crippen molar-refractivity contribution >= 4 is 28.8 Å². The fourth-order valence-corrected chi connectivity index (χ4v) is 5.16. The van der Waals surface area contributed by atoms with E-state index in [9.17, 15) is 0 Å². The molecule has 0 aromatic heterocycles. The minimum absolute atomic E-state index is 0.0120. The van der Waals surface area contributed by atoms with Crippen molar-refractivity contribution < 1.29 is 0 Å². The first-order valence-corrected chi connectivity index (χ1v) is 10.5. The number of halogens is 2. The van der Waals surface area contributed by atoms with Crippen LogP contribution in [-0.4, -0.2) is 5.88 Å². The monoisotopic (exact) mass is 396 g/mol. The van der Waals surface area contributed by atoms with E-state index >= 15 is 0 Å². The van der Waals surface area contributed by atoms with Gasteiger partial charge in [0, 0.05) is 16.3 Å². The Morgan fingerprint density at radius 1 is 0.963 bits per heavy atom. The molecule has 0 saturated heterocycles. The Labute approximate surface area is 172 Å². The predicted molar refractivity (Wildman–Crippen MR) is 119 cm³/mol. The molecule has 140 valence electrons. The minimum Gasteiger partial charge on any atom is -0.122 e. The van der Waals surface area contributed by atoms with Gasteiger partial charge >= 0.3 is 0 Å². The summed E-state index contributed by atoms with van der Waals surface area (Å²) in [6.45, 7) is 11.6. The molecule has 0 aliphatic heterocycles. The van der Waals surface area contributed by atoms with Crippen LogP contribution in [0.15, 0.2) is 53.6 Å². The topological polar surface area (TPSA) is 0 Å². The van der Waals surface area contributed by atoms with E-state index in [0.717, 1.165) is 10.6 Å². The number of rotatable bonds is 2. The van der Waals surface area contributed by atoms with Gasteiger partial charge < -0.3 is 0 Å². The Balaban J connectivity index is 2.04. The van der Waals surface area contributed by atoms with Gasteiger partial charge in [0.2, 0.25) is 0 Å². The summed E-state index contributed by atoms with van der Waals surface area (Å²) >= 11 is 12.6. The fourth-order valence-electron chi connectivity index (χ4n) is 4.68. The van der Waals surface area contributed by atoms with E-state index in [-0.39, 0.29) is 10.8 Å². The number of alkyl halides is 1. The molecule has 0 radical (unpaired) electrons. The smallest absolute Gasteiger partial charge is 0.0453 e. The first-order valence-electron chi connectivity index (χ1n) is 9.62. The molecule has 0 bridgehead atoms. The third-order valence-electron chi connectivity index (χ3n) is 6.77. The van der Waals surface area contributed by atoms with Crippen molar-refractivity contribution in [3.8, 4) is 11.1 Å². The van der Waals surface area contributed by atoms with Crippen molar-refractivity contribution in [1.82, 2.24) is 0 Å². The van der Waals surface area contributed by atoms with Gasteiger partial charge in [-0.15, -0.1) is 11.6 Å². The summed E-state index contributed by atoms with van der Waals surface area (Å²) in [4.78, 5) is 0. The van der Waals surface area contributed by atoms with Gasteiger partial charge in [-0.1, -0.05) is 82.6 Å². The van der Waals surface area contributed by atoms with Crippen LogP contribution < -0.4 is 0 Å². The van der Waals surface area contributed by atoms with Crippen LogP contribution in [0, 0.1) is 5.92 Å². The van der Waals surface area contributed by atoms with Crippen LogP contribution >= 0.6 is 23.2 Å². The zero-order valence-electron chi connectivity index (χ0n) is 16.7. The summed E-state index contributed by atoms with van der Waals surface area (Å²) in [5.41, 5.74) is 9.30. The lowest BCUT2D eigenvalue weighted by Crippen LogP contribution is -2.30. The molecule has 1 unspecified atom stereocenters. The highest BCUT2D eigenvalue weighted by Crippen LogP contribution is 2.53. The van der Waals surface area contributed by atoms with Crippen LogP contribution in [0.5, 0.6) is 0 Å². The maximum atomic E-state index is 6.67. The number of benzene rings is 2. The van der Waals surface area contributed by atoms with Gasteiger partial charge in [-0.25, -0.2) is 0 Å². The highest BCUT2D eigenvalue weighted by atomic mass is 35.5. The Hall–Kier alpha value is -1.50. The lowest BCUT2D eigenvalue weighted by atomic mass is 9.66. The summed E-state index contributed by atoms with van der Waals surface area (Å²) in [7, 11) is 0. The van der Waals surface area contributed by atoms with Crippen molar-refractivity contribution in [1.29, 1.82) is 0 Å². The van der Waals surface area contributed by atoms with Crippen LogP contribution in [0.4, 0.5) is 0 Å². The van der Waals surface area contributed by atoms with Crippen molar-refractivity contribution in [2.45, 2.75) is 45.4 Å². The average molecular weight is 397 g/mol. The molecule has 0 fully saturated rings. The third-order valence-corrected chi connectivity index (χ3v) is 7.29. The summed E-state index contributed by atoms with van der Waals surface area (Å²) in [6, 6.07) is 13.6. The molecular formula is C25H26Cl2. The molecule has 27 heavy (non-hydrogen) atoms. The van der Waals surface area contributed by atoms with Crippen LogP contribution in [-0.2, 0) is 10.8 Å². The lowest BCUT2D eigenvalue weighted by Gasteiger charge is -2.38. The Bertz CT molecular complexity index is 989. The number of hydrogen-bond acceptors (Lipinski definition) is 0. The van der Waals surface area contributed by atoms with Gasteiger partial charge in [-0.3, -0.25) is 0 Å². The fraction of sp³-hybridized carbons (Fsp3) is 0.360. The molecule has 0 spiro atoms. The van der Waals surface area contributed by atoms with E-state index in [1.807, 2.05) is 6.08 Å². The van der Waals surface area contributed by atoms with E-state index in [4.69, 9.17) is 23.2 Å². The quantitative estimate of drug-likeness (QED) is 0.456. The zero-order chi connectivity index (χ0) is 19.6. The molecule has 2 aliphatic rings. The summed E-state index contributed by atoms with van der Waals surface area (Å²) < 4.78 is 0. The molecule has 2 aliphatic carbocycles. The van der Waals surface area contributed by atoms with Gasteiger partial charge in [0.15, 0.2) is 0 Å². The van der Waals surface area contributed by atoms with E-state index in [1.165, 1.54) is 33.4 Å². The Morgan fingerprint density at radius 3 is 2.33 bits per heavy atom. The second kappa shape index (κ2) is 6.26. The van der Waals surface area contributed by atoms with Crippen LogP contribution in [0.1, 0.15) is 56.9 Å². The predicted octanol–water partition coefficient (Wildman–Crippen LogP) is 7.67. The zero-order valence-corrected chi connectivity index (χ0v) is 18.2. The summed E-state index contributed by atoms with van der Waals surface area (Å²) in [5.74, 6) is 0.811. The summed E-state index contributed by atoms with van der Waals surface area (Å²) in [6.07, 6.45) is 4.21. The number of allylic oxidation sites excluding steroid dienone is 4. The second-order valence-electron chi connectivity index (χ2n) is 8.91. The Morgan fingerprint density at radius 2 is 1.63 bits per heavy atom. The molecule has 2 aromatic carbocycles. The molecule has 0 nitrogen and oxygen atoms in total. The molecule has 0 N–H and O–H groups in total. The maximum Gasteiger partial charge on any atom is 0.0453 e. The molecule has 0 amide bonds. The standard InChI is InChI=1S/C25H26Cl2/c1-15-12-19(23(27)10-11-26)18-14-22-17(13-21(18)24(15,2)3)16-8-6-7-9-20(16)25(22,4)5/h6-10,12-15H,11H2,1-5H3/b23-10+. The van der Waals surface area contributed by atoms with Crippen LogP contribution in [0.25, 0.3) is 16.7 Å². The Kier molecular flexibility index (Phi) is 4.37. The largest absolute Gasteiger partial charge is 0.122 e. The van der Waals surface area contributed by atoms with Crippen molar-refractivity contribution in [2.24, 2.45) is 5.92 Å². The molecule has 1 atom stereocenters. The maximum absolute atomic E-state index is 6.67. The van der Waals surface area contributed by atoms with Crippen LogP contribution in [0.3, 0.4) is 0 Å². The molecule has 0 saturated carbocycles. The van der Waals surface area contributed by atoms with Gasteiger partial charge in [-0.2, -0.15) is 0 Å². The van der Waals surface area contributed by atoms with E-state index in [2.05, 4.69) is 77.1 Å². The highest BCUT2D eigenvalue weighted by Gasteiger charge is 2.40. The van der Waals surface area contributed by atoms with E-state index < -0.39 is 0 Å². The first kappa shape index (κ1) is 18.8. The average Bonchev–Trinajstić information content (AvgIpc) is 2.85. The SMILES string of the molecule is CC1C=C(/C(Cl)=C\CCl)c2cc3c(cc2C1(C)C)-c1ccccc1C3(C)C. The molecular weight excluding hydrogens is 371 g/mol. The molecule has 0 heterocycles. The highest BCUT2D eigenvalue weighted by molar-refractivity contribution is 6.37. The van der Waals surface area contributed by atoms with Gasteiger partial charge in [0.1, 0.15) is 0 Å². The normalized spacial score (nSPS) is 22.0. The van der Waals surface area contributed by atoms with E-state index in [0.29, 0.717) is 11.8 Å². The lowest BCUT2D eigenvalue weighted by molar-refractivity contribution is 0.404. The third kappa shape index (κ3) is 2.64. The van der Waals surface area contributed by atoms with Crippen molar-refractivity contribution in [2.75, 3.05) is 5.88 Å². The van der Waals surface area contributed by atoms with Crippen molar-refractivity contribution in [3.05, 3.63) is 75.8 Å². The van der Waals surface area contributed by atoms with Crippen molar-refractivity contribution in [3.63, 3.8) is 0 Å². The second-order valence-corrected chi connectivity index (χ2v) is 9.63. The number of fused-ring (bicyclic) bond motifs is 4. The van der Waals surface area contributed by atoms with E-state index in [1.54, 1.807) is 0 Å². The van der Waals surface area contributed by atoms with Gasteiger partial charge in [-0.05, 0) is 62.4 Å². The number of hydrogen-bond donors (Lipinski definition) is 0. The molecule has 4 rings (SSSR count). The minimum atomic E-state index is -0.0120. The van der Waals surface area contributed by atoms with Gasteiger partial charge in [0.25, 0.3) is 0 Å².